The molecule has 1 aromatic rings. The maximum absolute atomic E-state index is 5.70. The summed E-state index contributed by atoms with van der Waals surface area (Å²) < 4.78 is 11.8. The number of nitrogens with one attached hydrogen (secondary N) is 1. The first-order valence-electron chi connectivity index (χ1n) is 6.37. The van der Waals surface area contributed by atoms with Gasteiger partial charge >= 0.3 is 0 Å². The largest absolute Gasteiger partial charge is 0.497 e. The van der Waals surface area contributed by atoms with Gasteiger partial charge in [-0.15, -0.1) is 0 Å². The molecular weight excluding hydrogens is 294 g/mol. The van der Waals surface area contributed by atoms with E-state index >= 15 is 0 Å². The van der Waals surface area contributed by atoms with Crippen LogP contribution in [0.1, 0.15) is 26.7 Å². The molecule has 1 rings (SSSR count). The molecule has 102 valence electrons. The lowest BCUT2D eigenvalue weighted by Gasteiger charge is -2.14. The maximum atomic E-state index is 5.70. The Morgan fingerprint density at radius 2 is 2.17 bits per heavy atom. The first-order valence-corrected chi connectivity index (χ1v) is 7.16. The number of hydrogen-bond acceptors (Lipinski definition) is 3. The second-order valence-corrected chi connectivity index (χ2v) is 5.14. The van der Waals surface area contributed by atoms with Crippen LogP contribution in [0.4, 0.5) is 0 Å². The fraction of sp³-hybridized carbons (Fsp3) is 0.571. The molecule has 0 aliphatic carbocycles. The molecule has 0 aliphatic heterocycles. The van der Waals surface area contributed by atoms with Gasteiger partial charge in [-0.1, -0.05) is 13.3 Å². The number of ether oxygens (including phenoxy) is 2. The summed E-state index contributed by atoms with van der Waals surface area (Å²) in [7, 11) is 1.65. The Morgan fingerprint density at radius 1 is 1.39 bits per heavy atom. The summed E-state index contributed by atoms with van der Waals surface area (Å²) in [5.41, 5.74) is 0. The molecule has 3 nitrogen and oxygen atoms in total. The predicted octanol–water partition coefficient (Wildman–Crippen LogP) is 3.61. The van der Waals surface area contributed by atoms with Crippen LogP contribution in [0.3, 0.4) is 0 Å². The van der Waals surface area contributed by atoms with Gasteiger partial charge in [0.15, 0.2) is 0 Å². The van der Waals surface area contributed by atoms with E-state index in [-0.39, 0.29) is 0 Å². The number of rotatable bonds is 8. The van der Waals surface area contributed by atoms with Crippen molar-refractivity contribution in [1.82, 2.24) is 5.32 Å². The fourth-order valence-electron chi connectivity index (χ4n) is 1.73. The zero-order valence-corrected chi connectivity index (χ0v) is 12.9. The summed E-state index contributed by atoms with van der Waals surface area (Å²) in [6.07, 6.45) is 2.41. The third-order valence-electron chi connectivity index (χ3n) is 2.71. The van der Waals surface area contributed by atoms with Crippen molar-refractivity contribution >= 4 is 15.9 Å². The van der Waals surface area contributed by atoms with Crippen LogP contribution in [-0.2, 0) is 0 Å². The molecule has 0 aliphatic rings. The van der Waals surface area contributed by atoms with Crippen LogP contribution < -0.4 is 14.8 Å². The van der Waals surface area contributed by atoms with Crippen LogP contribution in [0.5, 0.6) is 11.5 Å². The van der Waals surface area contributed by atoms with E-state index in [0.29, 0.717) is 12.6 Å². The lowest BCUT2D eigenvalue weighted by molar-refractivity contribution is 0.302. The smallest absolute Gasteiger partial charge is 0.133 e. The Bertz CT molecular complexity index is 358. The van der Waals surface area contributed by atoms with Crippen LogP contribution in [0.2, 0.25) is 0 Å². The van der Waals surface area contributed by atoms with Crippen molar-refractivity contribution in [3.63, 3.8) is 0 Å². The van der Waals surface area contributed by atoms with Gasteiger partial charge in [-0.2, -0.15) is 0 Å². The van der Waals surface area contributed by atoms with E-state index in [2.05, 4.69) is 35.1 Å². The molecule has 0 spiro atoms. The van der Waals surface area contributed by atoms with Crippen LogP contribution in [0.25, 0.3) is 0 Å². The van der Waals surface area contributed by atoms with Crippen molar-refractivity contribution < 1.29 is 9.47 Å². The van der Waals surface area contributed by atoms with Gasteiger partial charge in [0.2, 0.25) is 0 Å². The van der Waals surface area contributed by atoms with Crippen LogP contribution in [0.15, 0.2) is 22.7 Å². The summed E-state index contributed by atoms with van der Waals surface area (Å²) in [5.74, 6) is 1.67. The van der Waals surface area contributed by atoms with Gasteiger partial charge in [-0.3, -0.25) is 0 Å². The normalized spacial score (nSPS) is 12.2. The molecule has 0 amide bonds. The second-order valence-electron chi connectivity index (χ2n) is 4.29. The van der Waals surface area contributed by atoms with E-state index in [0.717, 1.165) is 22.5 Å². The molecule has 1 N–H and O–H groups in total. The van der Waals surface area contributed by atoms with E-state index in [1.807, 2.05) is 18.2 Å². The van der Waals surface area contributed by atoms with E-state index in [1.165, 1.54) is 12.8 Å². The van der Waals surface area contributed by atoms with Crippen LogP contribution in [-0.4, -0.2) is 26.3 Å². The average molecular weight is 316 g/mol. The highest BCUT2D eigenvalue weighted by Gasteiger charge is 2.03. The summed E-state index contributed by atoms with van der Waals surface area (Å²) in [4.78, 5) is 0. The maximum Gasteiger partial charge on any atom is 0.133 e. The highest BCUT2D eigenvalue weighted by molar-refractivity contribution is 9.10. The summed E-state index contributed by atoms with van der Waals surface area (Å²) in [6.45, 7) is 5.93. The zero-order valence-electron chi connectivity index (χ0n) is 11.3. The molecule has 18 heavy (non-hydrogen) atoms. The Morgan fingerprint density at radius 3 is 2.78 bits per heavy atom. The quantitative estimate of drug-likeness (QED) is 0.743. The number of halogens is 1. The van der Waals surface area contributed by atoms with Gasteiger partial charge < -0.3 is 14.8 Å². The average Bonchev–Trinajstić information content (AvgIpc) is 2.36. The SMILES string of the molecule is CCCC(C)NCCOc1ccc(OC)cc1Br. The van der Waals surface area contributed by atoms with Gasteiger partial charge in [0.1, 0.15) is 18.1 Å². The molecule has 0 radical (unpaired) electrons. The van der Waals surface area contributed by atoms with Crippen molar-refractivity contribution in [2.75, 3.05) is 20.3 Å². The number of benzene rings is 1. The number of methoxy groups -OCH3 is 1. The molecule has 1 unspecified atom stereocenters. The van der Waals surface area contributed by atoms with E-state index in [9.17, 15) is 0 Å². The molecule has 1 aromatic carbocycles. The first kappa shape index (κ1) is 15.3. The standard InChI is InChI=1S/C14H22BrNO2/c1-4-5-11(2)16-8-9-18-14-7-6-12(17-3)10-13(14)15/h6-7,10-11,16H,4-5,8-9H2,1-3H3. The number of hydrogen-bond donors (Lipinski definition) is 1. The lowest BCUT2D eigenvalue weighted by atomic mass is 10.2. The Kier molecular flexibility index (Phi) is 7.13. The third kappa shape index (κ3) is 5.27. The highest BCUT2D eigenvalue weighted by atomic mass is 79.9. The van der Waals surface area contributed by atoms with Gasteiger partial charge in [-0.25, -0.2) is 0 Å². The molecule has 0 bridgehead atoms. The summed E-state index contributed by atoms with van der Waals surface area (Å²) in [5, 5.41) is 3.43. The van der Waals surface area contributed by atoms with Crippen LogP contribution in [0, 0.1) is 0 Å². The summed E-state index contributed by atoms with van der Waals surface area (Å²) in [6, 6.07) is 6.27. The summed E-state index contributed by atoms with van der Waals surface area (Å²) >= 11 is 3.47. The van der Waals surface area contributed by atoms with Crippen LogP contribution >= 0.6 is 15.9 Å². The Hall–Kier alpha value is -0.740. The van der Waals surface area contributed by atoms with Gasteiger partial charge in [-0.05, 0) is 47.5 Å². The Labute approximate surface area is 118 Å². The van der Waals surface area contributed by atoms with Crippen molar-refractivity contribution in [2.45, 2.75) is 32.7 Å². The zero-order chi connectivity index (χ0) is 13.4. The Balaban J connectivity index is 2.31. The highest BCUT2D eigenvalue weighted by Crippen LogP contribution is 2.28. The van der Waals surface area contributed by atoms with E-state index in [4.69, 9.17) is 9.47 Å². The third-order valence-corrected chi connectivity index (χ3v) is 3.33. The first-order chi connectivity index (χ1) is 8.67. The van der Waals surface area contributed by atoms with Crippen molar-refractivity contribution in [2.24, 2.45) is 0 Å². The lowest BCUT2D eigenvalue weighted by Crippen LogP contribution is -2.29. The van der Waals surface area contributed by atoms with E-state index in [1.54, 1.807) is 7.11 Å². The second kappa shape index (κ2) is 8.38. The molecule has 0 fully saturated rings. The molecule has 1 atom stereocenters. The minimum Gasteiger partial charge on any atom is -0.497 e. The molecule has 0 saturated heterocycles. The fourth-order valence-corrected chi connectivity index (χ4v) is 2.20. The van der Waals surface area contributed by atoms with E-state index < -0.39 is 0 Å². The molecule has 0 saturated carbocycles. The van der Waals surface area contributed by atoms with Crippen molar-refractivity contribution in [3.8, 4) is 11.5 Å². The molecule has 4 heteroatoms. The predicted molar refractivity (Wildman–Crippen MR) is 78.6 cm³/mol. The minimum absolute atomic E-state index is 0.554. The van der Waals surface area contributed by atoms with Crippen molar-refractivity contribution in [3.05, 3.63) is 22.7 Å². The molecular formula is C14H22BrNO2. The molecule has 0 aromatic heterocycles. The van der Waals surface area contributed by atoms with Crippen molar-refractivity contribution in [1.29, 1.82) is 0 Å². The molecule has 0 heterocycles. The van der Waals surface area contributed by atoms with Gasteiger partial charge in [0, 0.05) is 12.6 Å². The monoisotopic (exact) mass is 315 g/mol. The minimum atomic E-state index is 0.554. The topological polar surface area (TPSA) is 30.5 Å². The van der Waals surface area contributed by atoms with Gasteiger partial charge in [0.05, 0.1) is 11.6 Å². The van der Waals surface area contributed by atoms with Gasteiger partial charge in [0.25, 0.3) is 0 Å².